The van der Waals surface area contributed by atoms with Crippen LogP contribution in [0.25, 0.3) is 0 Å². The minimum absolute atomic E-state index is 0.313. The molecule has 1 heterocycles. The number of nitrogen functional groups attached to an aromatic ring is 2. The summed E-state index contributed by atoms with van der Waals surface area (Å²) in [5.74, 6) is -1.10. The number of aromatic nitrogens is 3. The molecule has 0 saturated heterocycles. The van der Waals surface area contributed by atoms with Crippen LogP contribution >= 0.6 is 0 Å². The summed E-state index contributed by atoms with van der Waals surface area (Å²) in [7, 11) is 0. The zero-order valence-electron chi connectivity index (χ0n) is 6.34. The quantitative estimate of drug-likeness (QED) is 0.662. The topological polar surface area (TPSA) is 90.7 Å². The Labute approximate surface area is 71.0 Å². The summed E-state index contributed by atoms with van der Waals surface area (Å²) in [4.78, 5) is 9.88. The van der Waals surface area contributed by atoms with E-state index in [1.54, 1.807) is 0 Å². The van der Waals surface area contributed by atoms with Gasteiger partial charge in [0.15, 0.2) is 0 Å². The Morgan fingerprint density at radius 1 is 1.00 bits per heavy atom. The number of rotatable bonds is 1. The van der Waals surface area contributed by atoms with E-state index in [0.717, 1.165) is 0 Å². The average molecular weight is 193 g/mol. The third kappa shape index (κ3) is 3.09. The van der Waals surface area contributed by atoms with Crippen molar-refractivity contribution >= 4 is 11.9 Å². The maximum Gasteiger partial charge on any atom is 0.396 e. The van der Waals surface area contributed by atoms with Crippen LogP contribution in [0.2, 0.25) is 0 Å². The van der Waals surface area contributed by atoms with Crippen molar-refractivity contribution in [3.05, 3.63) is 5.82 Å². The van der Waals surface area contributed by atoms with Crippen molar-refractivity contribution in [3.8, 4) is 0 Å². The standard InChI is InChI=1S/C5H6F3N5/c6-5(7,8)1-2-11-3(9)13-4(10)12-2/h1H2,(H4,9,10,11,12,13). The zero-order chi connectivity index (χ0) is 10.1. The normalized spacial score (nSPS) is 11.6. The van der Waals surface area contributed by atoms with E-state index in [9.17, 15) is 13.2 Å². The van der Waals surface area contributed by atoms with Gasteiger partial charge in [-0.25, -0.2) is 0 Å². The molecule has 0 spiro atoms. The minimum atomic E-state index is -4.37. The lowest BCUT2D eigenvalue weighted by Crippen LogP contribution is -2.16. The summed E-state index contributed by atoms with van der Waals surface area (Å²) in [6.07, 6.45) is -5.63. The molecule has 0 saturated carbocycles. The Hall–Kier alpha value is -1.60. The van der Waals surface area contributed by atoms with Crippen LogP contribution in [0.15, 0.2) is 0 Å². The Balaban J connectivity index is 2.90. The van der Waals surface area contributed by atoms with Crippen LogP contribution in [-0.2, 0) is 6.42 Å². The molecule has 0 aliphatic heterocycles. The van der Waals surface area contributed by atoms with E-state index in [1.165, 1.54) is 0 Å². The Morgan fingerprint density at radius 3 is 1.85 bits per heavy atom. The van der Waals surface area contributed by atoms with Crippen LogP contribution in [0, 0.1) is 0 Å². The van der Waals surface area contributed by atoms with Crippen LogP contribution in [0.1, 0.15) is 5.82 Å². The molecule has 13 heavy (non-hydrogen) atoms. The number of alkyl halides is 3. The molecule has 8 heteroatoms. The van der Waals surface area contributed by atoms with Gasteiger partial charge in [0, 0.05) is 0 Å². The highest BCUT2D eigenvalue weighted by molar-refractivity contribution is 5.25. The molecule has 1 aromatic heterocycles. The van der Waals surface area contributed by atoms with Gasteiger partial charge in [0.2, 0.25) is 11.9 Å². The van der Waals surface area contributed by atoms with Gasteiger partial charge in [-0.15, -0.1) is 0 Å². The van der Waals surface area contributed by atoms with Crippen LogP contribution in [-0.4, -0.2) is 21.1 Å². The van der Waals surface area contributed by atoms with Crippen LogP contribution in [0.5, 0.6) is 0 Å². The molecule has 0 fully saturated rings. The second-order valence-electron chi connectivity index (χ2n) is 2.26. The van der Waals surface area contributed by atoms with E-state index in [2.05, 4.69) is 15.0 Å². The maximum atomic E-state index is 11.8. The highest BCUT2D eigenvalue weighted by Crippen LogP contribution is 2.19. The van der Waals surface area contributed by atoms with Gasteiger partial charge < -0.3 is 11.5 Å². The van der Waals surface area contributed by atoms with Crippen molar-refractivity contribution in [2.24, 2.45) is 0 Å². The number of hydrogen-bond acceptors (Lipinski definition) is 5. The smallest absolute Gasteiger partial charge is 0.368 e. The molecule has 0 amide bonds. The largest absolute Gasteiger partial charge is 0.396 e. The first kappa shape index (κ1) is 9.49. The van der Waals surface area contributed by atoms with Crippen LogP contribution in [0.3, 0.4) is 0 Å². The van der Waals surface area contributed by atoms with E-state index in [1.807, 2.05) is 0 Å². The molecule has 0 aliphatic rings. The minimum Gasteiger partial charge on any atom is -0.368 e. The first-order valence-electron chi connectivity index (χ1n) is 3.19. The van der Waals surface area contributed by atoms with Gasteiger partial charge >= 0.3 is 6.18 Å². The SMILES string of the molecule is Nc1nc(N)nc(CC(F)(F)F)n1. The maximum absolute atomic E-state index is 11.8. The zero-order valence-corrected chi connectivity index (χ0v) is 6.34. The van der Waals surface area contributed by atoms with Crippen molar-refractivity contribution in [1.82, 2.24) is 15.0 Å². The average Bonchev–Trinajstić information content (AvgIpc) is 1.78. The molecule has 0 unspecified atom stereocenters. The number of hydrogen-bond donors (Lipinski definition) is 2. The highest BCUT2D eigenvalue weighted by atomic mass is 19.4. The van der Waals surface area contributed by atoms with E-state index >= 15 is 0 Å². The van der Waals surface area contributed by atoms with Gasteiger partial charge in [0.05, 0.1) is 0 Å². The lowest BCUT2D eigenvalue weighted by atomic mass is 10.4. The van der Waals surface area contributed by atoms with E-state index in [4.69, 9.17) is 11.5 Å². The predicted molar refractivity (Wildman–Crippen MR) is 38.4 cm³/mol. The second-order valence-corrected chi connectivity index (χ2v) is 2.26. The van der Waals surface area contributed by atoms with Gasteiger partial charge in [-0.3, -0.25) is 0 Å². The van der Waals surface area contributed by atoms with E-state index in [0.29, 0.717) is 0 Å². The van der Waals surface area contributed by atoms with Gasteiger partial charge in [-0.1, -0.05) is 0 Å². The molecule has 4 N–H and O–H groups in total. The molecule has 5 nitrogen and oxygen atoms in total. The Morgan fingerprint density at radius 2 is 1.46 bits per heavy atom. The van der Waals surface area contributed by atoms with Crippen molar-refractivity contribution in [3.63, 3.8) is 0 Å². The fraction of sp³-hybridized carbons (Fsp3) is 0.400. The Kier molecular flexibility index (Phi) is 2.22. The number of halogens is 3. The monoisotopic (exact) mass is 193 g/mol. The third-order valence-electron chi connectivity index (χ3n) is 1.07. The molecule has 0 radical (unpaired) electrons. The molecule has 0 atom stereocenters. The van der Waals surface area contributed by atoms with Crippen molar-refractivity contribution in [2.75, 3.05) is 11.5 Å². The van der Waals surface area contributed by atoms with Gasteiger partial charge in [0.25, 0.3) is 0 Å². The lowest BCUT2D eigenvalue weighted by Gasteiger charge is -2.04. The summed E-state index contributed by atoms with van der Waals surface area (Å²) >= 11 is 0. The summed E-state index contributed by atoms with van der Waals surface area (Å²) < 4.78 is 35.5. The summed E-state index contributed by atoms with van der Waals surface area (Å²) in [5, 5.41) is 0. The molecule has 0 bridgehead atoms. The molecular formula is C5H6F3N5. The molecule has 1 rings (SSSR count). The third-order valence-corrected chi connectivity index (χ3v) is 1.07. The molecule has 0 aliphatic carbocycles. The second kappa shape index (κ2) is 3.04. The van der Waals surface area contributed by atoms with E-state index in [-0.39, 0.29) is 11.9 Å². The highest BCUT2D eigenvalue weighted by Gasteiger charge is 2.29. The van der Waals surface area contributed by atoms with Crippen molar-refractivity contribution in [1.29, 1.82) is 0 Å². The number of anilines is 2. The lowest BCUT2D eigenvalue weighted by molar-refractivity contribution is -0.128. The molecule has 72 valence electrons. The van der Waals surface area contributed by atoms with Crippen LogP contribution in [0.4, 0.5) is 25.1 Å². The molecule has 0 aromatic carbocycles. The summed E-state index contributed by atoms with van der Waals surface area (Å²) in [5.41, 5.74) is 10.1. The predicted octanol–water partition coefficient (Wildman–Crippen LogP) is 0.141. The van der Waals surface area contributed by atoms with Gasteiger partial charge in [-0.05, 0) is 0 Å². The fourth-order valence-electron chi connectivity index (χ4n) is 0.715. The number of nitrogens with zero attached hydrogens (tertiary/aromatic N) is 3. The molecular weight excluding hydrogens is 187 g/mol. The van der Waals surface area contributed by atoms with E-state index < -0.39 is 18.4 Å². The van der Waals surface area contributed by atoms with Gasteiger partial charge in [0.1, 0.15) is 12.2 Å². The van der Waals surface area contributed by atoms with Crippen LogP contribution < -0.4 is 11.5 Å². The Bertz CT molecular complexity index is 289. The first-order valence-corrected chi connectivity index (χ1v) is 3.19. The van der Waals surface area contributed by atoms with Crippen molar-refractivity contribution in [2.45, 2.75) is 12.6 Å². The summed E-state index contributed by atoms with van der Waals surface area (Å²) in [6.45, 7) is 0. The molecule has 1 aromatic rings. The first-order chi connectivity index (χ1) is 5.87. The fourth-order valence-corrected chi connectivity index (χ4v) is 0.715. The number of nitrogens with two attached hydrogens (primary N) is 2. The van der Waals surface area contributed by atoms with Crippen molar-refractivity contribution < 1.29 is 13.2 Å². The van der Waals surface area contributed by atoms with Gasteiger partial charge in [-0.2, -0.15) is 28.1 Å². The summed E-state index contributed by atoms with van der Waals surface area (Å²) in [6, 6.07) is 0.